The van der Waals surface area contributed by atoms with Crippen LogP contribution in [0.4, 0.5) is 4.39 Å². The SMILES string of the molecule is O=C(Cn1cnc(-c2ccccc2F)cc1=O)NC1CC1. The van der Waals surface area contributed by atoms with Gasteiger partial charge in [0.25, 0.3) is 5.56 Å². The fraction of sp³-hybridized carbons (Fsp3) is 0.267. The third-order valence-electron chi connectivity index (χ3n) is 3.29. The second-order valence-corrected chi connectivity index (χ2v) is 5.06. The number of nitrogens with one attached hydrogen (secondary N) is 1. The first kappa shape index (κ1) is 13.5. The molecule has 21 heavy (non-hydrogen) atoms. The van der Waals surface area contributed by atoms with Crippen molar-refractivity contribution in [1.29, 1.82) is 0 Å². The van der Waals surface area contributed by atoms with Gasteiger partial charge in [0.05, 0.1) is 12.0 Å². The van der Waals surface area contributed by atoms with E-state index in [0.717, 1.165) is 12.8 Å². The summed E-state index contributed by atoms with van der Waals surface area (Å²) in [5, 5.41) is 2.80. The van der Waals surface area contributed by atoms with Crippen molar-refractivity contribution in [3.63, 3.8) is 0 Å². The van der Waals surface area contributed by atoms with E-state index in [1.807, 2.05) is 0 Å². The number of hydrogen-bond donors (Lipinski definition) is 1. The summed E-state index contributed by atoms with van der Waals surface area (Å²) in [5.74, 6) is -0.645. The van der Waals surface area contributed by atoms with Crippen LogP contribution < -0.4 is 10.9 Å². The Morgan fingerprint density at radius 2 is 2.14 bits per heavy atom. The summed E-state index contributed by atoms with van der Waals surface area (Å²) in [6.07, 6.45) is 3.26. The highest BCUT2D eigenvalue weighted by atomic mass is 19.1. The molecule has 0 spiro atoms. The van der Waals surface area contributed by atoms with Crippen molar-refractivity contribution in [3.8, 4) is 11.3 Å². The normalized spacial score (nSPS) is 14.0. The van der Waals surface area contributed by atoms with Crippen LogP contribution in [0.25, 0.3) is 11.3 Å². The minimum atomic E-state index is -0.436. The van der Waals surface area contributed by atoms with Gasteiger partial charge in [-0.05, 0) is 25.0 Å². The highest BCUT2D eigenvalue weighted by Crippen LogP contribution is 2.19. The molecule has 1 saturated carbocycles. The maximum absolute atomic E-state index is 13.7. The average molecular weight is 287 g/mol. The Morgan fingerprint density at radius 1 is 1.38 bits per heavy atom. The van der Waals surface area contributed by atoms with E-state index in [1.54, 1.807) is 18.2 Å². The molecule has 0 atom stereocenters. The van der Waals surface area contributed by atoms with E-state index in [2.05, 4.69) is 10.3 Å². The lowest BCUT2D eigenvalue weighted by Crippen LogP contribution is -2.33. The van der Waals surface area contributed by atoms with Gasteiger partial charge in [-0.1, -0.05) is 12.1 Å². The maximum atomic E-state index is 13.7. The molecule has 0 unspecified atom stereocenters. The minimum Gasteiger partial charge on any atom is -0.352 e. The van der Waals surface area contributed by atoms with Gasteiger partial charge in [0.1, 0.15) is 12.4 Å². The van der Waals surface area contributed by atoms with Gasteiger partial charge < -0.3 is 5.32 Å². The third-order valence-corrected chi connectivity index (χ3v) is 3.29. The minimum absolute atomic E-state index is 0.0696. The van der Waals surface area contributed by atoms with E-state index in [1.165, 1.54) is 23.0 Å². The van der Waals surface area contributed by atoms with Gasteiger partial charge in [-0.25, -0.2) is 9.37 Å². The molecule has 1 fully saturated rings. The molecule has 0 bridgehead atoms. The number of aromatic nitrogens is 2. The summed E-state index contributed by atoms with van der Waals surface area (Å²) in [7, 11) is 0. The molecule has 2 aromatic rings. The summed E-state index contributed by atoms with van der Waals surface area (Å²) in [5.41, 5.74) is 0.148. The van der Waals surface area contributed by atoms with Crippen LogP contribution in [0.1, 0.15) is 12.8 Å². The first-order valence-electron chi connectivity index (χ1n) is 6.74. The molecule has 1 amide bonds. The van der Waals surface area contributed by atoms with E-state index < -0.39 is 5.82 Å². The second-order valence-electron chi connectivity index (χ2n) is 5.06. The van der Waals surface area contributed by atoms with Crippen molar-refractivity contribution in [1.82, 2.24) is 14.9 Å². The number of halogens is 1. The van der Waals surface area contributed by atoms with Crippen LogP contribution in [0.15, 0.2) is 41.5 Å². The van der Waals surface area contributed by atoms with Crippen molar-refractivity contribution < 1.29 is 9.18 Å². The number of rotatable bonds is 4. The summed E-state index contributed by atoms with van der Waals surface area (Å²) in [6, 6.07) is 7.60. The lowest BCUT2D eigenvalue weighted by molar-refractivity contribution is -0.121. The Labute approximate surface area is 120 Å². The lowest BCUT2D eigenvalue weighted by atomic mass is 10.1. The topological polar surface area (TPSA) is 64.0 Å². The fourth-order valence-corrected chi connectivity index (χ4v) is 2.02. The van der Waals surface area contributed by atoms with Gasteiger partial charge in [-0.3, -0.25) is 14.2 Å². The van der Waals surface area contributed by atoms with E-state index in [-0.39, 0.29) is 35.3 Å². The van der Waals surface area contributed by atoms with Crippen molar-refractivity contribution in [2.45, 2.75) is 25.4 Å². The molecular formula is C15H14FN3O2. The van der Waals surface area contributed by atoms with Gasteiger partial charge in [0, 0.05) is 17.7 Å². The quantitative estimate of drug-likeness (QED) is 0.922. The Kier molecular flexibility index (Phi) is 3.51. The zero-order chi connectivity index (χ0) is 14.8. The monoisotopic (exact) mass is 287 g/mol. The highest BCUT2D eigenvalue weighted by Gasteiger charge is 2.23. The van der Waals surface area contributed by atoms with Crippen LogP contribution >= 0.6 is 0 Å². The number of amides is 1. The van der Waals surface area contributed by atoms with Crippen molar-refractivity contribution in [2.75, 3.05) is 0 Å². The van der Waals surface area contributed by atoms with Crippen LogP contribution in [-0.2, 0) is 11.3 Å². The van der Waals surface area contributed by atoms with Crippen molar-refractivity contribution in [2.24, 2.45) is 0 Å². The van der Waals surface area contributed by atoms with Gasteiger partial charge in [0.2, 0.25) is 5.91 Å². The number of benzene rings is 1. The van der Waals surface area contributed by atoms with Crippen LogP contribution in [0, 0.1) is 5.82 Å². The molecule has 0 saturated heterocycles. The molecule has 6 heteroatoms. The lowest BCUT2D eigenvalue weighted by Gasteiger charge is -2.07. The zero-order valence-corrected chi connectivity index (χ0v) is 11.3. The predicted octanol–water partition coefficient (Wildman–Crippen LogP) is 1.33. The number of hydrogen-bond acceptors (Lipinski definition) is 3. The van der Waals surface area contributed by atoms with Gasteiger partial charge in [-0.15, -0.1) is 0 Å². The van der Waals surface area contributed by atoms with Crippen molar-refractivity contribution >= 4 is 5.91 Å². The Hall–Kier alpha value is -2.50. The smallest absolute Gasteiger partial charge is 0.254 e. The molecule has 1 N–H and O–H groups in total. The molecule has 1 aliphatic carbocycles. The third kappa shape index (κ3) is 3.16. The van der Waals surface area contributed by atoms with E-state index in [4.69, 9.17) is 0 Å². The highest BCUT2D eigenvalue weighted by molar-refractivity contribution is 5.76. The summed E-state index contributed by atoms with van der Waals surface area (Å²) >= 11 is 0. The molecule has 1 aromatic carbocycles. The summed E-state index contributed by atoms with van der Waals surface area (Å²) < 4.78 is 14.9. The average Bonchev–Trinajstić information content (AvgIpc) is 3.25. The van der Waals surface area contributed by atoms with E-state index >= 15 is 0 Å². The zero-order valence-electron chi connectivity index (χ0n) is 11.3. The molecule has 5 nitrogen and oxygen atoms in total. The maximum Gasteiger partial charge on any atom is 0.254 e. The molecule has 1 heterocycles. The van der Waals surface area contributed by atoms with E-state index in [0.29, 0.717) is 0 Å². The molecule has 1 aliphatic rings. The van der Waals surface area contributed by atoms with Crippen LogP contribution in [0.2, 0.25) is 0 Å². The standard InChI is InChI=1S/C15H14FN3O2/c16-12-4-2-1-3-11(12)13-7-15(21)19(9-17-13)8-14(20)18-10-5-6-10/h1-4,7,9-10H,5-6,8H2,(H,18,20). The summed E-state index contributed by atoms with van der Waals surface area (Å²) in [6.45, 7) is -0.0696. The molecular weight excluding hydrogens is 273 g/mol. The fourth-order valence-electron chi connectivity index (χ4n) is 2.02. The Morgan fingerprint density at radius 3 is 2.81 bits per heavy atom. The molecule has 0 aliphatic heterocycles. The number of carbonyl (C=O) groups excluding carboxylic acids is 1. The Balaban J connectivity index is 1.81. The first-order chi connectivity index (χ1) is 10.1. The predicted molar refractivity (Wildman–Crippen MR) is 75.1 cm³/mol. The molecule has 108 valence electrons. The summed E-state index contributed by atoms with van der Waals surface area (Å²) in [4.78, 5) is 27.7. The molecule has 0 radical (unpaired) electrons. The molecule has 1 aromatic heterocycles. The van der Waals surface area contributed by atoms with Gasteiger partial charge >= 0.3 is 0 Å². The number of carbonyl (C=O) groups is 1. The Bertz CT molecular complexity index is 738. The largest absolute Gasteiger partial charge is 0.352 e. The van der Waals surface area contributed by atoms with E-state index in [9.17, 15) is 14.0 Å². The van der Waals surface area contributed by atoms with Gasteiger partial charge in [-0.2, -0.15) is 0 Å². The molecule has 3 rings (SSSR count). The van der Waals surface area contributed by atoms with Crippen LogP contribution in [0.5, 0.6) is 0 Å². The first-order valence-corrected chi connectivity index (χ1v) is 6.74. The van der Waals surface area contributed by atoms with Gasteiger partial charge in [0.15, 0.2) is 0 Å². The van der Waals surface area contributed by atoms with Crippen LogP contribution in [0.3, 0.4) is 0 Å². The van der Waals surface area contributed by atoms with Crippen LogP contribution in [-0.4, -0.2) is 21.5 Å². The van der Waals surface area contributed by atoms with Crippen molar-refractivity contribution in [3.05, 3.63) is 52.8 Å². The number of nitrogens with zero attached hydrogens (tertiary/aromatic N) is 2. The second kappa shape index (κ2) is 5.47.